The summed E-state index contributed by atoms with van der Waals surface area (Å²) in [5.74, 6) is 1.63. The van der Waals surface area contributed by atoms with Crippen LogP contribution in [0.3, 0.4) is 0 Å². The molecule has 0 radical (unpaired) electrons. The molecule has 0 bridgehead atoms. The lowest BCUT2D eigenvalue weighted by Gasteiger charge is -2.32. The number of piperidine rings is 1. The first-order valence-corrected chi connectivity index (χ1v) is 10.1. The molecule has 1 aromatic carbocycles. The van der Waals surface area contributed by atoms with Crippen molar-refractivity contribution >= 4 is 18.5 Å². The fourth-order valence-corrected chi connectivity index (χ4v) is 3.49. The Morgan fingerprint density at radius 2 is 1.67 bits per heavy atom. The van der Waals surface area contributed by atoms with Crippen LogP contribution >= 0.6 is 0 Å². The molecule has 6 heteroatoms. The van der Waals surface area contributed by atoms with Crippen molar-refractivity contribution in [2.75, 3.05) is 19.7 Å². The highest BCUT2D eigenvalue weighted by atomic mass is 16.7. The molecule has 0 aromatic heterocycles. The first-order valence-electron chi connectivity index (χ1n) is 10.1. The van der Waals surface area contributed by atoms with Crippen LogP contribution in [0.2, 0.25) is 0 Å². The molecule has 2 aliphatic rings. The minimum Gasteiger partial charge on any atom is -0.493 e. The first-order chi connectivity index (χ1) is 12.7. The molecule has 0 saturated carbocycles. The first kappa shape index (κ1) is 20.2. The van der Waals surface area contributed by atoms with Crippen LogP contribution in [0.5, 0.6) is 5.75 Å². The molecule has 3 rings (SSSR count). The second-order valence-electron chi connectivity index (χ2n) is 8.65. The number of nitrogens with zero attached hydrogens (tertiary/aromatic N) is 1. The quantitative estimate of drug-likeness (QED) is 0.745. The molecular weight excluding hydrogens is 341 g/mol. The lowest BCUT2D eigenvalue weighted by atomic mass is 9.79. The minimum atomic E-state index is -0.343. The summed E-state index contributed by atoms with van der Waals surface area (Å²) in [4.78, 5) is 13.7. The van der Waals surface area contributed by atoms with E-state index >= 15 is 0 Å². The van der Waals surface area contributed by atoms with E-state index in [9.17, 15) is 4.79 Å². The van der Waals surface area contributed by atoms with E-state index in [0.717, 1.165) is 37.1 Å². The minimum absolute atomic E-state index is 0.257. The highest BCUT2D eigenvalue weighted by molar-refractivity contribution is 6.62. The van der Waals surface area contributed by atoms with Crippen LogP contribution in [0.25, 0.3) is 0 Å². The van der Waals surface area contributed by atoms with Crippen molar-refractivity contribution in [2.24, 2.45) is 5.92 Å². The van der Waals surface area contributed by atoms with Crippen LogP contribution in [0.1, 0.15) is 53.9 Å². The van der Waals surface area contributed by atoms with Crippen LogP contribution < -0.4 is 10.2 Å². The summed E-state index contributed by atoms with van der Waals surface area (Å²) in [7, 11) is -0.343. The van der Waals surface area contributed by atoms with E-state index in [4.69, 9.17) is 14.0 Å². The summed E-state index contributed by atoms with van der Waals surface area (Å²) in [5, 5.41) is 0. The molecule has 2 saturated heterocycles. The molecule has 2 aliphatic heterocycles. The number of carbonyl (C=O) groups is 1. The second-order valence-corrected chi connectivity index (χ2v) is 8.65. The second kappa shape index (κ2) is 7.84. The van der Waals surface area contributed by atoms with Crippen LogP contribution in [-0.4, -0.2) is 48.8 Å². The van der Waals surface area contributed by atoms with Gasteiger partial charge in [0.05, 0.1) is 17.8 Å². The molecule has 27 heavy (non-hydrogen) atoms. The molecule has 0 spiro atoms. The number of carbonyl (C=O) groups excluding carboxylic acids is 1. The van der Waals surface area contributed by atoms with Gasteiger partial charge < -0.3 is 18.9 Å². The molecule has 0 N–H and O–H groups in total. The van der Waals surface area contributed by atoms with Crippen LogP contribution in [0, 0.1) is 5.92 Å². The third-order valence-electron chi connectivity index (χ3n) is 6.16. The number of amides is 1. The highest BCUT2D eigenvalue weighted by Gasteiger charge is 2.51. The molecule has 0 unspecified atom stereocenters. The van der Waals surface area contributed by atoms with Gasteiger partial charge in [0.25, 0.3) is 0 Å². The normalized spacial score (nSPS) is 22.1. The molecule has 0 aliphatic carbocycles. The van der Waals surface area contributed by atoms with E-state index in [0.29, 0.717) is 18.9 Å². The van der Waals surface area contributed by atoms with E-state index in [1.165, 1.54) is 0 Å². The standard InChI is InChI=1S/C21H32BNO4/c1-6-19(24)23-13-11-16(12-14-23)15-25-18-9-7-17(8-10-18)22-26-20(2,3)21(4,5)27-22/h7-10,16H,6,11-15H2,1-5H3. The Kier molecular flexibility index (Phi) is 5.87. The molecule has 1 amide bonds. The van der Waals surface area contributed by atoms with E-state index in [1.54, 1.807) is 0 Å². The molecule has 2 fully saturated rings. The monoisotopic (exact) mass is 373 g/mol. The summed E-state index contributed by atoms with van der Waals surface area (Å²) in [6.07, 6.45) is 2.62. The predicted octanol–water partition coefficient (Wildman–Crippen LogP) is 3.01. The molecule has 148 valence electrons. The smallest absolute Gasteiger partial charge is 0.493 e. The summed E-state index contributed by atoms with van der Waals surface area (Å²) >= 11 is 0. The number of hydrogen-bond acceptors (Lipinski definition) is 4. The number of rotatable bonds is 5. The SMILES string of the molecule is CCC(=O)N1CCC(COc2ccc(B3OC(C)(C)C(C)(C)O3)cc2)CC1. The summed E-state index contributed by atoms with van der Waals surface area (Å²) in [6.45, 7) is 12.6. The van der Waals surface area contributed by atoms with Crippen molar-refractivity contribution in [1.29, 1.82) is 0 Å². The Morgan fingerprint density at radius 3 is 2.19 bits per heavy atom. The maximum atomic E-state index is 11.7. The van der Waals surface area contributed by atoms with Gasteiger partial charge in [0.15, 0.2) is 0 Å². The van der Waals surface area contributed by atoms with Crippen molar-refractivity contribution in [3.8, 4) is 5.75 Å². The third kappa shape index (κ3) is 4.49. The highest BCUT2D eigenvalue weighted by Crippen LogP contribution is 2.36. The lowest BCUT2D eigenvalue weighted by molar-refractivity contribution is -0.132. The molecule has 1 aromatic rings. The van der Waals surface area contributed by atoms with Gasteiger partial charge >= 0.3 is 7.12 Å². The Balaban J connectivity index is 1.49. The Labute approximate surface area is 163 Å². The number of hydrogen-bond donors (Lipinski definition) is 0. The van der Waals surface area contributed by atoms with Crippen LogP contribution in [-0.2, 0) is 14.1 Å². The lowest BCUT2D eigenvalue weighted by Crippen LogP contribution is -2.41. The van der Waals surface area contributed by atoms with Gasteiger partial charge in [-0.05, 0) is 64.1 Å². The summed E-state index contributed by atoms with van der Waals surface area (Å²) in [6, 6.07) is 7.99. The Morgan fingerprint density at radius 1 is 1.11 bits per heavy atom. The number of likely N-dealkylation sites (tertiary alicyclic amines) is 1. The van der Waals surface area contributed by atoms with Crippen molar-refractivity contribution in [3.05, 3.63) is 24.3 Å². The van der Waals surface area contributed by atoms with Gasteiger partial charge in [-0.25, -0.2) is 0 Å². The van der Waals surface area contributed by atoms with E-state index in [2.05, 4.69) is 27.7 Å². The Hall–Kier alpha value is -1.53. The van der Waals surface area contributed by atoms with Crippen molar-refractivity contribution in [3.63, 3.8) is 0 Å². The Bertz CT molecular complexity index is 635. The average molecular weight is 373 g/mol. The zero-order chi connectivity index (χ0) is 19.7. The van der Waals surface area contributed by atoms with E-state index in [1.807, 2.05) is 36.1 Å². The predicted molar refractivity (Wildman–Crippen MR) is 107 cm³/mol. The summed E-state index contributed by atoms with van der Waals surface area (Å²) < 4.78 is 18.2. The van der Waals surface area contributed by atoms with Crippen LogP contribution in [0.15, 0.2) is 24.3 Å². The van der Waals surface area contributed by atoms with Gasteiger partial charge in [0.1, 0.15) is 5.75 Å². The molecular formula is C21H32BNO4. The van der Waals surface area contributed by atoms with E-state index < -0.39 is 0 Å². The molecule has 0 atom stereocenters. The average Bonchev–Trinajstić information content (AvgIpc) is 2.87. The summed E-state index contributed by atoms with van der Waals surface area (Å²) in [5.41, 5.74) is 0.342. The zero-order valence-corrected chi connectivity index (χ0v) is 17.3. The number of benzene rings is 1. The van der Waals surface area contributed by atoms with Crippen molar-refractivity contribution in [1.82, 2.24) is 4.90 Å². The van der Waals surface area contributed by atoms with Gasteiger partial charge in [-0.3, -0.25) is 4.79 Å². The van der Waals surface area contributed by atoms with Crippen LogP contribution in [0.4, 0.5) is 0 Å². The van der Waals surface area contributed by atoms with Gasteiger partial charge in [0.2, 0.25) is 5.91 Å². The largest absolute Gasteiger partial charge is 0.494 e. The zero-order valence-electron chi connectivity index (χ0n) is 17.3. The van der Waals surface area contributed by atoms with E-state index in [-0.39, 0.29) is 24.2 Å². The third-order valence-corrected chi connectivity index (χ3v) is 6.16. The molecule has 5 nitrogen and oxygen atoms in total. The maximum Gasteiger partial charge on any atom is 0.494 e. The van der Waals surface area contributed by atoms with Gasteiger partial charge in [-0.1, -0.05) is 19.1 Å². The fraction of sp³-hybridized carbons (Fsp3) is 0.667. The van der Waals surface area contributed by atoms with Gasteiger partial charge in [-0.2, -0.15) is 0 Å². The van der Waals surface area contributed by atoms with Crippen molar-refractivity contribution < 1.29 is 18.8 Å². The maximum absolute atomic E-state index is 11.7. The molecule has 2 heterocycles. The van der Waals surface area contributed by atoms with Gasteiger partial charge in [0, 0.05) is 19.5 Å². The van der Waals surface area contributed by atoms with Gasteiger partial charge in [-0.15, -0.1) is 0 Å². The van der Waals surface area contributed by atoms with Crippen molar-refractivity contribution in [2.45, 2.75) is 65.1 Å². The fourth-order valence-electron chi connectivity index (χ4n) is 3.49. The number of ether oxygens (including phenoxy) is 1. The topological polar surface area (TPSA) is 48.0 Å².